The van der Waals surface area contributed by atoms with Crippen LogP contribution in [0.3, 0.4) is 0 Å². The van der Waals surface area contributed by atoms with Gasteiger partial charge >= 0.3 is 0 Å². The molecule has 0 aliphatic heterocycles. The topological polar surface area (TPSA) is 40.5 Å². The van der Waals surface area contributed by atoms with Gasteiger partial charge < -0.3 is 10.2 Å². The number of aliphatic hydroxyl groups excluding tert-OH is 2. The Labute approximate surface area is 61.5 Å². The van der Waals surface area contributed by atoms with Crippen LogP contribution in [0.2, 0.25) is 0 Å². The van der Waals surface area contributed by atoms with Gasteiger partial charge in [-0.05, 0) is 0 Å². The lowest BCUT2D eigenvalue weighted by Gasteiger charge is -2.15. The molecule has 0 saturated carbocycles. The molecule has 2 nitrogen and oxygen atoms in total. The summed E-state index contributed by atoms with van der Waals surface area (Å²) in [6, 6.07) is 0. The van der Waals surface area contributed by atoms with Crippen LogP contribution < -0.4 is 0 Å². The van der Waals surface area contributed by atoms with E-state index < -0.39 is 0 Å². The van der Waals surface area contributed by atoms with Crippen LogP contribution in [-0.2, 0) is 0 Å². The maximum atomic E-state index is 8.73. The Bertz CT molecular complexity index is 95.8. The van der Waals surface area contributed by atoms with Crippen molar-refractivity contribution in [3.05, 3.63) is 25.3 Å². The molecule has 10 heavy (non-hydrogen) atoms. The first-order valence-corrected chi connectivity index (χ1v) is 3.27. The number of rotatable bonds is 5. The van der Waals surface area contributed by atoms with Crippen LogP contribution in [0.15, 0.2) is 25.3 Å². The van der Waals surface area contributed by atoms with Gasteiger partial charge in [0.25, 0.3) is 0 Å². The van der Waals surface area contributed by atoms with Crippen LogP contribution in [0.25, 0.3) is 0 Å². The molecule has 0 aromatic heterocycles. The lowest BCUT2D eigenvalue weighted by Crippen LogP contribution is -2.17. The summed E-state index contributed by atoms with van der Waals surface area (Å²) in [5, 5.41) is 17.5. The fraction of sp³-hybridized carbons (Fsp3) is 0.500. The Morgan fingerprint density at radius 1 is 1.00 bits per heavy atom. The molecule has 0 bridgehead atoms. The third kappa shape index (κ3) is 2.33. The van der Waals surface area contributed by atoms with Gasteiger partial charge in [-0.15, -0.1) is 13.2 Å². The molecular weight excluding hydrogens is 128 g/mol. The van der Waals surface area contributed by atoms with Crippen LogP contribution in [0, 0.1) is 11.8 Å². The first-order chi connectivity index (χ1) is 4.79. The Hall–Kier alpha value is -0.600. The molecule has 0 radical (unpaired) electrons. The molecule has 0 aliphatic carbocycles. The van der Waals surface area contributed by atoms with Crippen molar-refractivity contribution >= 4 is 0 Å². The third-order valence-corrected chi connectivity index (χ3v) is 1.58. The van der Waals surface area contributed by atoms with Crippen molar-refractivity contribution in [2.45, 2.75) is 0 Å². The van der Waals surface area contributed by atoms with Gasteiger partial charge in [0.2, 0.25) is 0 Å². The zero-order valence-corrected chi connectivity index (χ0v) is 6.03. The van der Waals surface area contributed by atoms with Gasteiger partial charge in [0.15, 0.2) is 0 Å². The molecule has 0 amide bonds. The van der Waals surface area contributed by atoms with E-state index in [2.05, 4.69) is 13.2 Å². The smallest absolute Gasteiger partial charge is 0.0500 e. The summed E-state index contributed by atoms with van der Waals surface area (Å²) in [6.07, 6.45) is 3.26. The average molecular weight is 142 g/mol. The van der Waals surface area contributed by atoms with Crippen molar-refractivity contribution in [1.82, 2.24) is 0 Å². The minimum atomic E-state index is -0.0671. The lowest BCUT2D eigenvalue weighted by atomic mass is 9.94. The molecule has 2 heteroatoms. The summed E-state index contributed by atoms with van der Waals surface area (Å²) in [4.78, 5) is 0. The summed E-state index contributed by atoms with van der Waals surface area (Å²) in [5.74, 6) is -0.134. The molecule has 0 unspecified atom stereocenters. The van der Waals surface area contributed by atoms with Crippen molar-refractivity contribution < 1.29 is 10.2 Å². The van der Waals surface area contributed by atoms with E-state index in [-0.39, 0.29) is 25.0 Å². The van der Waals surface area contributed by atoms with E-state index in [0.717, 1.165) is 0 Å². The Morgan fingerprint density at radius 3 is 1.40 bits per heavy atom. The SMILES string of the molecule is C=C[C@H](CO)[C@H](C=C)CO. The Kier molecular flexibility index (Phi) is 4.89. The predicted molar refractivity (Wildman–Crippen MR) is 41.5 cm³/mol. The van der Waals surface area contributed by atoms with Crippen LogP contribution in [0.1, 0.15) is 0 Å². The van der Waals surface area contributed by atoms with Crippen molar-refractivity contribution in [1.29, 1.82) is 0 Å². The zero-order valence-electron chi connectivity index (χ0n) is 6.03. The van der Waals surface area contributed by atoms with Crippen molar-refractivity contribution in [3.8, 4) is 0 Å². The summed E-state index contributed by atoms with van der Waals surface area (Å²) in [7, 11) is 0. The molecule has 0 heterocycles. The monoisotopic (exact) mass is 142 g/mol. The van der Waals surface area contributed by atoms with Crippen molar-refractivity contribution in [2.24, 2.45) is 11.8 Å². The highest BCUT2D eigenvalue weighted by Gasteiger charge is 2.12. The second-order valence-electron chi connectivity index (χ2n) is 2.16. The summed E-state index contributed by atoms with van der Waals surface area (Å²) < 4.78 is 0. The fourth-order valence-electron chi connectivity index (χ4n) is 0.769. The second-order valence-corrected chi connectivity index (χ2v) is 2.16. The second kappa shape index (κ2) is 5.21. The quantitative estimate of drug-likeness (QED) is 0.551. The van der Waals surface area contributed by atoms with E-state index in [1.807, 2.05) is 0 Å². The van der Waals surface area contributed by atoms with Gasteiger partial charge in [0.05, 0.1) is 0 Å². The molecule has 2 N–H and O–H groups in total. The number of hydrogen-bond acceptors (Lipinski definition) is 2. The molecular formula is C8H14O2. The maximum Gasteiger partial charge on any atom is 0.0500 e. The minimum absolute atomic E-state index is 0.0146. The van der Waals surface area contributed by atoms with Gasteiger partial charge in [-0.2, -0.15) is 0 Å². The first kappa shape index (κ1) is 9.40. The standard InChI is InChI=1S/C8H14O2/c1-3-7(5-9)8(4-2)6-10/h3-4,7-10H,1-2,5-6H2/t7-,8-/m1/s1. The van der Waals surface area contributed by atoms with Crippen LogP contribution in [-0.4, -0.2) is 23.4 Å². The van der Waals surface area contributed by atoms with E-state index in [9.17, 15) is 0 Å². The lowest BCUT2D eigenvalue weighted by molar-refractivity contribution is 0.171. The summed E-state index contributed by atoms with van der Waals surface area (Å²) in [6.45, 7) is 7.09. The molecule has 0 saturated heterocycles. The van der Waals surface area contributed by atoms with E-state index in [1.54, 1.807) is 12.2 Å². The fourth-order valence-corrected chi connectivity index (χ4v) is 0.769. The highest BCUT2D eigenvalue weighted by atomic mass is 16.3. The molecule has 0 fully saturated rings. The summed E-state index contributed by atoms with van der Waals surface area (Å²) >= 11 is 0. The van der Waals surface area contributed by atoms with Crippen LogP contribution >= 0.6 is 0 Å². The van der Waals surface area contributed by atoms with Gasteiger partial charge in [0.1, 0.15) is 0 Å². The zero-order chi connectivity index (χ0) is 7.98. The third-order valence-electron chi connectivity index (χ3n) is 1.58. The highest BCUT2D eigenvalue weighted by Crippen LogP contribution is 2.12. The summed E-state index contributed by atoms with van der Waals surface area (Å²) in [5.41, 5.74) is 0. The maximum absolute atomic E-state index is 8.73. The van der Waals surface area contributed by atoms with Gasteiger partial charge in [-0.3, -0.25) is 0 Å². The van der Waals surface area contributed by atoms with E-state index in [0.29, 0.717) is 0 Å². The molecule has 0 aromatic carbocycles. The molecule has 0 aromatic rings. The van der Waals surface area contributed by atoms with Gasteiger partial charge in [-0.1, -0.05) is 12.2 Å². The molecule has 2 atom stereocenters. The van der Waals surface area contributed by atoms with E-state index in [1.165, 1.54) is 0 Å². The van der Waals surface area contributed by atoms with Crippen molar-refractivity contribution in [2.75, 3.05) is 13.2 Å². The minimum Gasteiger partial charge on any atom is -0.396 e. The van der Waals surface area contributed by atoms with Crippen LogP contribution in [0.4, 0.5) is 0 Å². The predicted octanol–water partition coefficient (Wildman–Crippen LogP) is 0.575. The van der Waals surface area contributed by atoms with E-state index in [4.69, 9.17) is 10.2 Å². The number of aliphatic hydroxyl groups is 2. The van der Waals surface area contributed by atoms with Gasteiger partial charge in [-0.25, -0.2) is 0 Å². The molecule has 0 aliphatic rings. The molecule has 58 valence electrons. The van der Waals surface area contributed by atoms with Crippen LogP contribution in [0.5, 0.6) is 0 Å². The molecule has 0 spiro atoms. The van der Waals surface area contributed by atoms with Crippen molar-refractivity contribution in [3.63, 3.8) is 0 Å². The highest BCUT2D eigenvalue weighted by molar-refractivity contribution is 4.92. The van der Waals surface area contributed by atoms with E-state index >= 15 is 0 Å². The normalized spacial score (nSPS) is 15.8. The van der Waals surface area contributed by atoms with Gasteiger partial charge in [0, 0.05) is 25.0 Å². The Morgan fingerprint density at radius 2 is 1.30 bits per heavy atom. The largest absolute Gasteiger partial charge is 0.396 e. The average Bonchev–Trinajstić information content (AvgIpc) is 2.00. The Balaban J connectivity index is 3.93. The number of hydrogen-bond donors (Lipinski definition) is 2. The molecule has 0 rings (SSSR count). The first-order valence-electron chi connectivity index (χ1n) is 3.27.